The van der Waals surface area contributed by atoms with Crippen molar-refractivity contribution in [1.29, 1.82) is 0 Å². The van der Waals surface area contributed by atoms with Crippen LogP contribution in [0.4, 0.5) is 0 Å². The molecular formula is C15H18N4O. The molecule has 1 unspecified atom stereocenters. The first-order valence-corrected chi connectivity index (χ1v) is 6.71. The van der Waals surface area contributed by atoms with E-state index in [1.54, 1.807) is 19.5 Å². The Kier molecular flexibility index (Phi) is 3.62. The molecular weight excluding hydrogens is 252 g/mol. The van der Waals surface area contributed by atoms with E-state index in [4.69, 9.17) is 10.6 Å². The summed E-state index contributed by atoms with van der Waals surface area (Å²) in [5.41, 5.74) is 6.44. The van der Waals surface area contributed by atoms with Crippen LogP contribution in [0.3, 0.4) is 0 Å². The summed E-state index contributed by atoms with van der Waals surface area (Å²) in [6, 6.07) is 8.45. The molecule has 1 heterocycles. The summed E-state index contributed by atoms with van der Waals surface area (Å²) >= 11 is 0. The second-order valence-electron chi connectivity index (χ2n) is 5.03. The van der Waals surface area contributed by atoms with Crippen LogP contribution in [0.15, 0.2) is 36.7 Å². The smallest absolute Gasteiger partial charge is 0.237 e. The van der Waals surface area contributed by atoms with Gasteiger partial charge in [-0.15, -0.1) is 0 Å². The fraction of sp³-hybridized carbons (Fsp3) is 0.333. The lowest BCUT2D eigenvalue weighted by Gasteiger charge is -2.22. The minimum Gasteiger partial charge on any atom is -0.480 e. The number of hydrogen-bond acceptors (Lipinski definition) is 5. The van der Waals surface area contributed by atoms with Crippen LogP contribution in [-0.2, 0) is 12.8 Å². The first kappa shape index (κ1) is 13.0. The molecule has 0 aliphatic heterocycles. The Balaban J connectivity index is 1.89. The first-order valence-electron chi connectivity index (χ1n) is 6.71. The van der Waals surface area contributed by atoms with Gasteiger partial charge < -0.3 is 4.74 Å². The normalized spacial score (nSPS) is 15.9. The summed E-state index contributed by atoms with van der Waals surface area (Å²) in [5.74, 6) is 6.67. The Morgan fingerprint density at radius 2 is 1.85 bits per heavy atom. The van der Waals surface area contributed by atoms with Crippen LogP contribution in [0.2, 0.25) is 0 Å². The molecule has 0 spiro atoms. The van der Waals surface area contributed by atoms with Crippen LogP contribution in [-0.4, -0.2) is 17.1 Å². The maximum absolute atomic E-state index is 5.77. The second kappa shape index (κ2) is 5.56. The van der Waals surface area contributed by atoms with E-state index in [9.17, 15) is 0 Å². The fourth-order valence-corrected chi connectivity index (χ4v) is 2.97. The predicted octanol–water partition coefficient (Wildman–Crippen LogP) is 1.40. The third-order valence-electron chi connectivity index (χ3n) is 3.91. The standard InChI is InChI=1S/C15H18N4O/c1-20-15-14(17-6-7-18-15)13(19-16)12-8-10-4-2-3-5-11(10)9-12/h2-7,12-13,19H,8-9,16H2,1H3. The monoisotopic (exact) mass is 270 g/mol. The minimum atomic E-state index is -0.0638. The second-order valence-corrected chi connectivity index (χ2v) is 5.03. The third-order valence-corrected chi connectivity index (χ3v) is 3.91. The zero-order valence-electron chi connectivity index (χ0n) is 11.4. The number of nitrogens with one attached hydrogen (secondary N) is 1. The lowest BCUT2D eigenvalue weighted by molar-refractivity contribution is 0.336. The van der Waals surface area contributed by atoms with Gasteiger partial charge in [-0.2, -0.15) is 0 Å². The largest absolute Gasteiger partial charge is 0.480 e. The summed E-state index contributed by atoms with van der Waals surface area (Å²) in [4.78, 5) is 8.60. The highest BCUT2D eigenvalue weighted by molar-refractivity contribution is 5.34. The number of nitrogens with zero attached hydrogens (tertiary/aromatic N) is 2. The van der Waals surface area contributed by atoms with Crippen molar-refractivity contribution >= 4 is 0 Å². The molecule has 0 bridgehead atoms. The number of aromatic nitrogens is 2. The third kappa shape index (κ3) is 2.26. The number of hydrogen-bond donors (Lipinski definition) is 2. The molecule has 20 heavy (non-hydrogen) atoms. The Morgan fingerprint density at radius 3 is 2.45 bits per heavy atom. The van der Waals surface area contributed by atoms with E-state index in [0.717, 1.165) is 18.5 Å². The Hall–Kier alpha value is -1.98. The molecule has 5 heteroatoms. The summed E-state index contributed by atoms with van der Waals surface area (Å²) < 4.78 is 5.30. The zero-order chi connectivity index (χ0) is 13.9. The van der Waals surface area contributed by atoms with Crippen LogP contribution < -0.4 is 16.0 Å². The molecule has 1 aliphatic rings. The van der Waals surface area contributed by atoms with Crippen molar-refractivity contribution in [2.45, 2.75) is 18.9 Å². The van der Waals surface area contributed by atoms with Gasteiger partial charge in [0.1, 0.15) is 5.69 Å². The molecule has 0 saturated carbocycles. The SMILES string of the molecule is COc1nccnc1C(NN)C1Cc2ccccc2C1. The lowest BCUT2D eigenvalue weighted by Crippen LogP contribution is -2.35. The van der Waals surface area contributed by atoms with E-state index in [0.29, 0.717) is 11.8 Å². The fourth-order valence-electron chi connectivity index (χ4n) is 2.97. The summed E-state index contributed by atoms with van der Waals surface area (Å²) in [6.45, 7) is 0. The van der Waals surface area contributed by atoms with Crippen LogP contribution in [0.25, 0.3) is 0 Å². The molecule has 3 rings (SSSR count). The number of methoxy groups -OCH3 is 1. The summed E-state index contributed by atoms with van der Waals surface area (Å²) in [7, 11) is 1.60. The Bertz CT molecular complexity index is 577. The highest BCUT2D eigenvalue weighted by atomic mass is 16.5. The van der Waals surface area contributed by atoms with Gasteiger partial charge in [0.05, 0.1) is 13.2 Å². The van der Waals surface area contributed by atoms with Gasteiger partial charge in [0.25, 0.3) is 0 Å². The molecule has 1 aliphatic carbocycles. The molecule has 5 nitrogen and oxygen atoms in total. The van der Waals surface area contributed by atoms with Crippen LogP contribution >= 0.6 is 0 Å². The van der Waals surface area contributed by atoms with Crippen molar-refractivity contribution in [2.24, 2.45) is 11.8 Å². The van der Waals surface area contributed by atoms with Gasteiger partial charge in [-0.05, 0) is 29.9 Å². The molecule has 1 aromatic heterocycles. The highest BCUT2D eigenvalue weighted by Gasteiger charge is 2.31. The maximum Gasteiger partial charge on any atom is 0.237 e. The van der Waals surface area contributed by atoms with E-state index in [1.165, 1.54) is 11.1 Å². The number of hydrazine groups is 1. The molecule has 0 radical (unpaired) electrons. The molecule has 104 valence electrons. The van der Waals surface area contributed by atoms with Crippen molar-refractivity contribution in [2.75, 3.05) is 7.11 Å². The zero-order valence-corrected chi connectivity index (χ0v) is 11.4. The molecule has 1 aromatic carbocycles. The Morgan fingerprint density at radius 1 is 1.20 bits per heavy atom. The highest BCUT2D eigenvalue weighted by Crippen LogP contribution is 2.36. The van der Waals surface area contributed by atoms with Gasteiger partial charge in [-0.25, -0.2) is 4.98 Å². The van der Waals surface area contributed by atoms with Gasteiger partial charge >= 0.3 is 0 Å². The lowest BCUT2D eigenvalue weighted by atomic mass is 9.94. The van der Waals surface area contributed by atoms with E-state index < -0.39 is 0 Å². The summed E-state index contributed by atoms with van der Waals surface area (Å²) in [6.07, 6.45) is 5.28. The van der Waals surface area contributed by atoms with Crippen molar-refractivity contribution in [3.05, 3.63) is 53.5 Å². The molecule has 1 atom stereocenters. The van der Waals surface area contributed by atoms with Gasteiger partial charge in [-0.1, -0.05) is 24.3 Å². The molecule has 3 N–H and O–H groups in total. The number of fused-ring (bicyclic) bond motifs is 1. The predicted molar refractivity (Wildman–Crippen MR) is 76.0 cm³/mol. The topological polar surface area (TPSA) is 73.1 Å². The van der Waals surface area contributed by atoms with Gasteiger partial charge in [0.15, 0.2) is 0 Å². The van der Waals surface area contributed by atoms with E-state index in [2.05, 4.69) is 39.7 Å². The van der Waals surface area contributed by atoms with Gasteiger partial charge in [0.2, 0.25) is 5.88 Å². The number of benzene rings is 1. The molecule has 2 aromatic rings. The average molecular weight is 270 g/mol. The van der Waals surface area contributed by atoms with Crippen molar-refractivity contribution in [3.8, 4) is 5.88 Å². The average Bonchev–Trinajstić information content (AvgIpc) is 2.92. The number of ether oxygens (including phenoxy) is 1. The maximum atomic E-state index is 5.77. The first-order chi connectivity index (χ1) is 9.83. The van der Waals surface area contributed by atoms with E-state index >= 15 is 0 Å². The number of rotatable bonds is 4. The number of nitrogens with two attached hydrogens (primary N) is 1. The Labute approximate surface area is 118 Å². The molecule has 0 fully saturated rings. The quantitative estimate of drug-likeness (QED) is 0.649. The van der Waals surface area contributed by atoms with Crippen LogP contribution in [0, 0.1) is 5.92 Å². The summed E-state index contributed by atoms with van der Waals surface area (Å²) in [5, 5.41) is 0. The van der Waals surface area contributed by atoms with Crippen molar-refractivity contribution < 1.29 is 4.74 Å². The van der Waals surface area contributed by atoms with Gasteiger partial charge in [0, 0.05) is 12.4 Å². The van der Waals surface area contributed by atoms with E-state index in [-0.39, 0.29) is 6.04 Å². The van der Waals surface area contributed by atoms with E-state index in [1.807, 2.05) is 0 Å². The van der Waals surface area contributed by atoms with Crippen LogP contribution in [0.1, 0.15) is 22.9 Å². The molecule has 0 amide bonds. The van der Waals surface area contributed by atoms with Crippen LogP contribution in [0.5, 0.6) is 5.88 Å². The van der Waals surface area contributed by atoms with Crippen molar-refractivity contribution in [1.82, 2.24) is 15.4 Å². The van der Waals surface area contributed by atoms with Gasteiger partial charge in [-0.3, -0.25) is 16.3 Å². The molecule has 0 saturated heterocycles. The van der Waals surface area contributed by atoms with Crippen molar-refractivity contribution in [3.63, 3.8) is 0 Å². The minimum absolute atomic E-state index is 0.0638.